The fraction of sp³-hybridized carbons (Fsp3) is 0.605. The monoisotopic (exact) mass is 1880 g/mol. The Bertz CT molecular complexity index is 4280. The first kappa shape index (κ1) is 118. The number of carboxylic acid groups (broad SMARTS) is 3. The van der Waals surface area contributed by atoms with E-state index in [1.54, 1.807) is 0 Å². The zero-order valence-corrected chi connectivity index (χ0v) is 90.0. The first-order chi connectivity index (χ1) is 59.8. The van der Waals surface area contributed by atoms with E-state index in [-0.39, 0.29) is 118 Å². The number of aliphatic imine (C=N–C) groups is 6. The molecule has 0 bridgehead atoms. The van der Waals surface area contributed by atoms with Gasteiger partial charge >= 0.3 is 16.8 Å². The summed E-state index contributed by atoms with van der Waals surface area (Å²) in [4.78, 5) is 56.8. The number of rotatable bonds is 12. The Morgan fingerprint density at radius 2 is 0.323 bits per heavy atom. The van der Waals surface area contributed by atoms with Gasteiger partial charge in [0.05, 0.1) is 36.3 Å². The SMILES string of the molecule is CC(=O)[O-].CC(=O)[O-].CC(=O)[O-].CC(C)(C)c1cc(C=NC2CCCCC2N=Cc2cc(C(C)(C)C)cc(C(C)(C)C)c2O)c(O)c(C(C)(C)C)c1.CC(C)(C)c1cc(C=NC2CCCCC2N=Cc2cc(C(C)(C)C)cc(C(C)(C)C)c2O)c(O)c(C(C)(C)C)c1.CC(C)(C)c1cc(C=N[C@H]2CCCC[C@@H]2N=Cc2cc(C(C)(C)C)cc(C(C)(C)C)c2O)c(O)c(C(C)(C)C)c1.[Co+3]. The topological polar surface area (TPSA) is 316 Å². The van der Waals surface area contributed by atoms with Gasteiger partial charge in [-0.15, -0.1) is 0 Å². The Balaban J connectivity index is 0.000000481. The molecule has 3 saturated carbocycles. The summed E-state index contributed by atoms with van der Waals surface area (Å²) in [6, 6.07) is 25.6. The Kier molecular flexibility index (Phi) is 41.5. The van der Waals surface area contributed by atoms with Crippen molar-refractivity contribution in [2.45, 2.75) is 448 Å². The zero-order chi connectivity index (χ0) is 102. The summed E-state index contributed by atoms with van der Waals surface area (Å²) < 4.78 is 0. The summed E-state index contributed by atoms with van der Waals surface area (Å²) >= 11 is 0. The second-order valence-electron chi connectivity index (χ2n) is 49.2. The van der Waals surface area contributed by atoms with Gasteiger partial charge in [-0.05, 0) is 194 Å². The number of carboxylic acids is 3. The minimum Gasteiger partial charge on any atom is -0.550 e. The van der Waals surface area contributed by atoms with E-state index in [0.29, 0.717) is 34.5 Å². The molecular formula is C114H171CoN6O12. The van der Waals surface area contributed by atoms with Crippen molar-refractivity contribution in [2.24, 2.45) is 30.0 Å². The van der Waals surface area contributed by atoms with Crippen LogP contribution in [0.25, 0.3) is 0 Å². The third-order valence-electron chi connectivity index (χ3n) is 24.4. The third-order valence-corrected chi connectivity index (χ3v) is 24.4. The Labute approximate surface area is 813 Å². The van der Waals surface area contributed by atoms with Crippen molar-refractivity contribution in [2.75, 3.05) is 0 Å². The van der Waals surface area contributed by atoms with Crippen LogP contribution in [-0.4, -0.2) is 122 Å². The zero-order valence-electron chi connectivity index (χ0n) is 89.0. The van der Waals surface area contributed by atoms with Crippen molar-refractivity contribution in [1.82, 2.24) is 0 Å². The van der Waals surface area contributed by atoms with Crippen LogP contribution < -0.4 is 15.3 Å². The molecule has 0 aromatic heterocycles. The summed E-state index contributed by atoms with van der Waals surface area (Å²) in [5.41, 5.74) is 16.2. The minimum atomic E-state index is -1.08. The average Bonchev–Trinajstić information content (AvgIpc) is 0.807. The van der Waals surface area contributed by atoms with Crippen LogP contribution in [0.1, 0.15) is 447 Å². The van der Waals surface area contributed by atoms with Crippen molar-refractivity contribution in [1.29, 1.82) is 0 Å². The molecular weight excluding hydrogens is 1700 g/mol. The smallest absolute Gasteiger partial charge is 0.550 e. The largest absolute Gasteiger partial charge is 3.00 e. The van der Waals surface area contributed by atoms with Crippen molar-refractivity contribution < 1.29 is 77.1 Å². The first-order valence-corrected chi connectivity index (χ1v) is 47.8. The Morgan fingerprint density at radius 3 is 0.406 bits per heavy atom. The number of hydrogen-bond acceptors (Lipinski definition) is 18. The molecule has 6 aromatic carbocycles. The number of carbonyl (C=O) groups excluding carboxylic acids is 3. The van der Waals surface area contributed by atoms with Gasteiger partial charge in [-0.3, -0.25) is 30.0 Å². The molecule has 0 heterocycles. The van der Waals surface area contributed by atoms with E-state index in [1.165, 1.54) is 33.4 Å². The minimum absolute atomic E-state index is 0. The number of carbonyl (C=O) groups is 3. The first-order valence-electron chi connectivity index (χ1n) is 47.8. The molecule has 0 radical (unpaired) electrons. The summed E-state index contributed by atoms with van der Waals surface area (Å²) in [6.07, 6.45) is 23.7. The molecule has 738 valence electrons. The van der Waals surface area contributed by atoms with Crippen LogP contribution >= 0.6 is 0 Å². The van der Waals surface area contributed by atoms with Gasteiger partial charge < -0.3 is 60.3 Å². The number of aliphatic carboxylic acids is 3. The molecule has 18 nitrogen and oxygen atoms in total. The van der Waals surface area contributed by atoms with Crippen LogP contribution in [-0.2, 0) is 96.1 Å². The summed E-state index contributed by atoms with van der Waals surface area (Å²) in [6.45, 7) is 81.0. The van der Waals surface area contributed by atoms with Gasteiger partial charge in [0, 0.05) is 122 Å². The predicted octanol–water partition coefficient (Wildman–Crippen LogP) is 23.7. The van der Waals surface area contributed by atoms with E-state index in [0.717, 1.165) is 165 Å². The van der Waals surface area contributed by atoms with E-state index in [2.05, 4.69) is 322 Å². The van der Waals surface area contributed by atoms with Gasteiger partial charge in [0.25, 0.3) is 0 Å². The van der Waals surface area contributed by atoms with Crippen LogP contribution in [0.4, 0.5) is 0 Å². The predicted molar refractivity (Wildman–Crippen MR) is 549 cm³/mol. The molecule has 0 aliphatic heterocycles. The maximum atomic E-state index is 11.2. The van der Waals surface area contributed by atoms with E-state index in [1.807, 2.05) is 37.3 Å². The molecule has 19 heteroatoms. The maximum Gasteiger partial charge on any atom is 3.00 e. The van der Waals surface area contributed by atoms with Gasteiger partial charge in [0.2, 0.25) is 0 Å². The maximum absolute atomic E-state index is 11.2. The van der Waals surface area contributed by atoms with E-state index >= 15 is 0 Å². The van der Waals surface area contributed by atoms with E-state index in [9.17, 15) is 30.6 Å². The molecule has 4 unspecified atom stereocenters. The summed E-state index contributed by atoms with van der Waals surface area (Å²) in [5.74, 6) is -1.34. The Morgan fingerprint density at radius 1 is 0.226 bits per heavy atom. The number of benzene rings is 6. The number of hydrogen-bond donors (Lipinski definition) is 6. The standard InChI is InChI=1S/3C36H54N2O2.3C2H4O2.Co/c3*1-33(2,3)25-17-23(31(39)27(19-25)35(7,8)9)21-37-29-15-13-14-16-30(29)38-22-24-18-26(34(4,5)6)20-28(32(24)40)36(10,11)12;3*1-2(3)4;/h3*17-22,29-30,39-40H,13-16H2,1-12H3;3*1H3,(H,3,4);/q;;;;;;+3/p-3/t29-,30-;;;;;;/m0....../s1. The van der Waals surface area contributed by atoms with Crippen LogP contribution in [0.15, 0.2) is 103 Å². The van der Waals surface area contributed by atoms with Crippen LogP contribution in [0.3, 0.4) is 0 Å². The van der Waals surface area contributed by atoms with Gasteiger partial charge in [-0.25, -0.2) is 0 Å². The number of nitrogens with zero attached hydrogens (tertiary/aromatic N) is 6. The van der Waals surface area contributed by atoms with Gasteiger partial charge in [-0.1, -0.05) is 324 Å². The van der Waals surface area contributed by atoms with Crippen molar-refractivity contribution in [3.05, 3.63) is 173 Å². The van der Waals surface area contributed by atoms with Crippen LogP contribution in [0.2, 0.25) is 0 Å². The molecule has 6 aromatic rings. The van der Waals surface area contributed by atoms with Crippen LogP contribution in [0, 0.1) is 0 Å². The van der Waals surface area contributed by atoms with Gasteiger partial charge in [-0.2, -0.15) is 0 Å². The Hall–Kier alpha value is -8.94. The molecule has 133 heavy (non-hydrogen) atoms. The second kappa shape index (κ2) is 46.7. The summed E-state index contributed by atoms with van der Waals surface area (Å²) in [5, 5.41) is 94.0. The molecule has 3 aliphatic carbocycles. The molecule has 9 rings (SSSR count). The van der Waals surface area contributed by atoms with Gasteiger partial charge in [0.1, 0.15) is 34.5 Å². The molecule has 6 N–H and O–H groups in total. The second-order valence-corrected chi connectivity index (χ2v) is 49.2. The fourth-order valence-corrected chi connectivity index (χ4v) is 15.9. The quantitative estimate of drug-likeness (QED) is 0.0623. The number of phenols is 6. The molecule has 0 spiro atoms. The summed E-state index contributed by atoms with van der Waals surface area (Å²) in [7, 11) is 0. The van der Waals surface area contributed by atoms with Crippen molar-refractivity contribution in [3.63, 3.8) is 0 Å². The normalized spacial score (nSPS) is 18.2. The molecule has 0 amide bonds. The van der Waals surface area contributed by atoms with E-state index < -0.39 is 17.9 Å². The number of aromatic hydroxyl groups is 6. The average molecular weight is 1880 g/mol. The third kappa shape index (κ3) is 36.6. The van der Waals surface area contributed by atoms with Crippen molar-refractivity contribution >= 4 is 55.2 Å². The fourth-order valence-electron chi connectivity index (χ4n) is 15.9. The molecule has 0 saturated heterocycles. The van der Waals surface area contributed by atoms with Crippen LogP contribution in [0.5, 0.6) is 34.5 Å². The molecule has 6 atom stereocenters. The number of phenolic OH excluding ortho intramolecular Hbond substituents is 6. The van der Waals surface area contributed by atoms with E-state index in [4.69, 9.17) is 59.7 Å². The van der Waals surface area contributed by atoms with Gasteiger partial charge in [0.15, 0.2) is 0 Å². The molecule has 3 aliphatic rings. The van der Waals surface area contributed by atoms with Crippen molar-refractivity contribution in [3.8, 4) is 34.5 Å². The molecule has 3 fully saturated rings.